The van der Waals surface area contributed by atoms with Gasteiger partial charge in [0.25, 0.3) is 0 Å². The molecule has 2 heteroatoms. The molecule has 2 aromatic carbocycles. The van der Waals surface area contributed by atoms with Crippen LogP contribution in [0.15, 0.2) is 89.5 Å². The standard InChI is InChI=1S/C22H21NO/c1-17(2)23-14-13-18-15-21(19-9-5-3-6-10-19)24-22(16-18)20-11-7-4-8-12-20/h3-17H,1-2H3. The van der Waals surface area contributed by atoms with E-state index in [0.29, 0.717) is 0 Å². The van der Waals surface area contributed by atoms with Crippen LogP contribution >= 0.6 is 0 Å². The van der Waals surface area contributed by atoms with E-state index in [1.54, 1.807) is 0 Å². The van der Waals surface area contributed by atoms with Crippen LogP contribution in [-0.2, 0) is 4.74 Å². The number of rotatable bonds is 4. The summed E-state index contributed by atoms with van der Waals surface area (Å²) in [6.07, 6.45) is 7.99. The summed E-state index contributed by atoms with van der Waals surface area (Å²) in [6.45, 7) is 4.13. The topological polar surface area (TPSA) is 21.6 Å². The maximum Gasteiger partial charge on any atom is 0.135 e. The number of benzene rings is 2. The third-order valence-electron chi connectivity index (χ3n) is 3.58. The molecule has 0 aliphatic carbocycles. The predicted octanol–water partition coefficient (Wildman–Crippen LogP) is 5.50. The highest BCUT2D eigenvalue weighted by atomic mass is 16.5. The highest BCUT2D eigenvalue weighted by Crippen LogP contribution is 2.31. The van der Waals surface area contributed by atoms with Crippen molar-refractivity contribution >= 4 is 17.7 Å². The quantitative estimate of drug-likeness (QED) is 0.682. The lowest BCUT2D eigenvalue weighted by molar-refractivity contribution is 0.467. The second kappa shape index (κ2) is 7.60. The Morgan fingerprint density at radius 3 is 1.75 bits per heavy atom. The van der Waals surface area contributed by atoms with Gasteiger partial charge in [0.2, 0.25) is 0 Å². The lowest BCUT2D eigenvalue weighted by Gasteiger charge is -2.18. The molecule has 0 atom stereocenters. The molecule has 1 aliphatic heterocycles. The van der Waals surface area contributed by atoms with Gasteiger partial charge in [-0.25, -0.2) is 0 Å². The Labute approximate surface area is 143 Å². The summed E-state index contributed by atoms with van der Waals surface area (Å²) in [5.41, 5.74) is 3.19. The Morgan fingerprint density at radius 2 is 1.29 bits per heavy atom. The molecule has 0 N–H and O–H groups in total. The molecule has 2 nitrogen and oxygen atoms in total. The van der Waals surface area contributed by atoms with Gasteiger partial charge in [-0.15, -0.1) is 0 Å². The second-order valence-corrected chi connectivity index (χ2v) is 5.91. The number of ether oxygens (including phenoxy) is 1. The Kier molecular flexibility index (Phi) is 5.07. The van der Waals surface area contributed by atoms with Crippen molar-refractivity contribution in [1.29, 1.82) is 0 Å². The molecule has 0 amide bonds. The lowest BCUT2D eigenvalue weighted by Crippen LogP contribution is -2.00. The molecule has 0 radical (unpaired) electrons. The number of nitrogens with zero attached hydrogens (tertiary/aromatic N) is 1. The zero-order valence-electron chi connectivity index (χ0n) is 14.0. The molecule has 3 rings (SSSR count). The van der Waals surface area contributed by atoms with Crippen molar-refractivity contribution in [3.63, 3.8) is 0 Å². The van der Waals surface area contributed by atoms with E-state index in [-0.39, 0.29) is 6.04 Å². The lowest BCUT2D eigenvalue weighted by atomic mass is 10.0. The van der Waals surface area contributed by atoms with Crippen LogP contribution in [0.2, 0.25) is 0 Å². The molecule has 0 unspecified atom stereocenters. The van der Waals surface area contributed by atoms with Gasteiger partial charge in [0.05, 0.1) is 0 Å². The molecule has 0 aromatic heterocycles. The van der Waals surface area contributed by atoms with Crippen molar-refractivity contribution in [1.82, 2.24) is 0 Å². The number of hydrogen-bond donors (Lipinski definition) is 0. The summed E-state index contributed by atoms with van der Waals surface area (Å²) in [5, 5.41) is 0. The fraction of sp³-hybridized carbons (Fsp3) is 0.136. The van der Waals surface area contributed by atoms with Gasteiger partial charge >= 0.3 is 0 Å². The van der Waals surface area contributed by atoms with E-state index in [0.717, 1.165) is 28.2 Å². The normalized spacial score (nSPS) is 14.4. The average molecular weight is 315 g/mol. The number of allylic oxidation sites excluding steroid dienone is 4. The van der Waals surface area contributed by atoms with E-state index in [9.17, 15) is 0 Å². The summed E-state index contributed by atoms with van der Waals surface area (Å²) in [6, 6.07) is 20.6. The van der Waals surface area contributed by atoms with E-state index >= 15 is 0 Å². The van der Waals surface area contributed by atoms with Gasteiger partial charge in [0.15, 0.2) is 0 Å². The molecule has 120 valence electrons. The third-order valence-corrected chi connectivity index (χ3v) is 3.58. The first kappa shape index (κ1) is 16.0. The van der Waals surface area contributed by atoms with E-state index < -0.39 is 0 Å². The van der Waals surface area contributed by atoms with Gasteiger partial charge in [0.1, 0.15) is 11.5 Å². The number of aliphatic imine (C=N–C) groups is 1. The molecule has 0 saturated carbocycles. The average Bonchev–Trinajstić information content (AvgIpc) is 2.63. The van der Waals surface area contributed by atoms with Gasteiger partial charge in [-0.05, 0) is 37.6 Å². The Hall–Kier alpha value is -2.87. The highest BCUT2D eigenvalue weighted by Gasteiger charge is 2.14. The highest BCUT2D eigenvalue weighted by molar-refractivity contribution is 5.82. The SMILES string of the molecule is CC(C)N=CC=C1C=C(c2ccccc2)OC(c2ccccc2)=C1. The van der Waals surface area contributed by atoms with Gasteiger partial charge in [-0.3, -0.25) is 4.99 Å². The van der Waals surface area contributed by atoms with E-state index in [4.69, 9.17) is 4.74 Å². The summed E-state index contributed by atoms with van der Waals surface area (Å²) in [7, 11) is 0. The molecule has 2 aromatic rings. The van der Waals surface area contributed by atoms with Crippen LogP contribution in [0.5, 0.6) is 0 Å². The molecule has 1 aliphatic rings. The first-order chi connectivity index (χ1) is 11.7. The van der Waals surface area contributed by atoms with E-state index in [2.05, 4.69) is 43.1 Å². The van der Waals surface area contributed by atoms with Crippen molar-refractivity contribution in [2.24, 2.45) is 4.99 Å². The Balaban J connectivity index is 1.98. The maximum absolute atomic E-state index is 6.15. The number of hydrogen-bond acceptors (Lipinski definition) is 2. The first-order valence-corrected chi connectivity index (χ1v) is 8.18. The van der Waals surface area contributed by atoms with Gasteiger partial charge in [-0.1, -0.05) is 60.7 Å². The van der Waals surface area contributed by atoms with Crippen molar-refractivity contribution in [3.05, 3.63) is 95.6 Å². The summed E-state index contributed by atoms with van der Waals surface area (Å²) in [4.78, 5) is 4.41. The zero-order chi connectivity index (χ0) is 16.8. The molecule has 0 fully saturated rings. The molecule has 0 saturated heterocycles. The van der Waals surface area contributed by atoms with Gasteiger partial charge < -0.3 is 4.74 Å². The van der Waals surface area contributed by atoms with Crippen LogP contribution in [-0.4, -0.2) is 12.3 Å². The third kappa shape index (κ3) is 4.11. The van der Waals surface area contributed by atoms with Crippen molar-refractivity contribution in [2.45, 2.75) is 19.9 Å². The van der Waals surface area contributed by atoms with Crippen molar-refractivity contribution in [3.8, 4) is 0 Å². The summed E-state index contributed by atoms with van der Waals surface area (Å²) >= 11 is 0. The molecular weight excluding hydrogens is 294 g/mol. The largest absolute Gasteiger partial charge is 0.456 e. The first-order valence-electron chi connectivity index (χ1n) is 8.18. The van der Waals surface area contributed by atoms with Crippen LogP contribution in [0, 0.1) is 0 Å². The van der Waals surface area contributed by atoms with Crippen LogP contribution in [0.3, 0.4) is 0 Å². The zero-order valence-corrected chi connectivity index (χ0v) is 14.0. The van der Waals surface area contributed by atoms with Gasteiger partial charge in [-0.2, -0.15) is 0 Å². The van der Waals surface area contributed by atoms with Crippen LogP contribution in [0.4, 0.5) is 0 Å². The van der Waals surface area contributed by atoms with E-state index in [1.807, 2.05) is 60.8 Å². The van der Waals surface area contributed by atoms with Crippen molar-refractivity contribution < 1.29 is 4.74 Å². The van der Waals surface area contributed by atoms with Crippen LogP contribution in [0.25, 0.3) is 11.5 Å². The minimum Gasteiger partial charge on any atom is -0.456 e. The molecule has 24 heavy (non-hydrogen) atoms. The molecule has 0 bridgehead atoms. The predicted molar refractivity (Wildman–Crippen MR) is 102 cm³/mol. The second-order valence-electron chi connectivity index (χ2n) is 5.91. The molecule has 1 heterocycles. The van der Waals surface area contributed by atoms with Crippen LogP contribution < -0.4 is 0 Å². The van der Waals surface area contributed by atoms with Gasteiger partial charge in [0, 0.05) is 23.4 Å². The summed E-state index contributed by atoms with van der Waals surface area (Å²) in [5.74, 6) is 1.70. The fourth-order valence-electron chi connectivity index (χ4n) is 2.41. The molecular formula is C22H21NO. The smallest absolute Gasteiger partial charge is 0.135 e. The minimum atomic E-state index is 0.289. The fourth-order valence-corrected chi connectivity index (χ4v) is 2.41. The maximum atomic E-state index is 6.15. The van der Waals surface area contributed by atoms with Crippen molar-refractivity contribution in [2.75, 3.05) is 0 Å². The Bertz CT molecular complexity index is 739. The van der Waals surface area contributed by atoms with E-state index in [1.165, 1.54) is 0 Å². The Morgan fingerprint density at radius 1 is 0.792 bits per heavy atom. The monoisotopic (exact) mass is 315 g/mol. The van der Waals surface area contributed by atoms with Crippen LogP contribution in [0.1, 0.15) is 25.0 Å². The molecule has 0 spiro atoms. The minimum absolute atomic E-state index is 0.289. The summed E-state index contributed by atoms with van der Waals surface area (Å²) < 4.78 is 6.15.